The molecule has 0 unspecified atom stereocenters. The van der Waals surface area contributed by atoms with Gasteiger partial charge in [-0.2, -0.15) is 0 Å². The van der Waals surface area contributed by atoms with Crippen LogP contribution in [0.1, 0.15) is 30.9 Å². The van der Waals surface area contributed by atoms with Crippen molar-refractivity contribution in [2.45, 2.75) is 25.3 Å². The molecule has 1 aromatic carbocycles. The van der Waals surface area contributed by atoms with E-state index in [1.807, 2.05) is 18.2 Å². The van der Waals surface area contributed by atoms with Gasteiger partial charge in [-0.05, 0) is 44.3 Å². The fraction of sp³-hybridized carbons (Fsp3) is 0.632. The van der Waals surface area contributed by atoms with E-state index >= 15 is 0 Å². The fourth-order valence-corrected chi connectivity index (χ4v) is 3.33. The normalized spacial score (nSPS) is 20.5. The number of amides is 2. The van der Waals surface area contributed by atoms with Gasteiger partial charge >= 0.3 is 6.03 Å². The Labute approximate surface area is 145 Å². The number of urea groups is 1. The standard InChI is InChI=1S/C19H30N4O/c1-22-12-14-23(15-13-22)11-5-10-20-19(24)21-18(17-8-9-17)16-6-3-2-4-7-16/h2-4,6-7,17-18H,5,8-15H2,1H3,(H2,20,21,24)/t18-/m0/s1. The first-order valence-electron chi connectivity index (χ1n) is 9.22. The lowest BCUT2D eigenvalue weighted by atomic mass is 10.0. The van der Waals surface area contributed by atoms with Gasteiger partial charge in [-0.15, -0.1) is 0 Å². The maximum atomic E-state index is 12.2. The maximum Gasteiger partial charge on any atom is 0.315 e. The van der Waals surface area contributed by atoms with Gasteiger partial charge in [0.2, 0.25) is 0 Å². The summed E-state index contributed by atoms with van der Waals surface area (Å²) >= 11 is 0. The van der Waals surface area contributed by atoms with Crippen molar-refractivity contribution in [1.29, 1.82) is 0 Å². The minimum Gasteiger partial charge on any atom is -0.338 e. The third-order valence-corrected chi connectivity index (χ3v) is 5.07. The van der Waals surface area contributed by atoms with Crippen molar-refractivity contribution < 1.29 is 4.79 Å². The van der Waals surface area contributed by atoms with Crippen LogP contribution in [0.4, 0.5) is 4.79 Å². The molecule has 1 atom stereocenters. The Balaban J connectivity index is 1.36. The summed E-state index contributed by atoms with van der Waals surface area (Å²) < 4.78 is 0. The Hall–Kier alpha value is -1.59. The molecule has 1 heterocycles. The highest BCUT2D eigenvalue weighted by atomic mass is 16.2. The van der Waals surface area contributed by atoms with E-state index in [0.717, 1.165) is 45.7 Å². The van der Waals surface area contributed by atoms with Crippen LogP contribution < -0.4 is 10.6 Å². The number of hydrogen-bond donors (Lipinski definition) is 2. The lowest BCUT2D eigenvalue weighted by Crippen LogP contribution is -2.45. The van der Waals surface area contributed by atoms with Crippen LogP contribution in [0.15, 0.2) is 30.3 Å². The molecule has 1 saturated heterocycles. The molecule has 3 rings (SSSR count). The predicted octanol–water partition coefficient (Wildman–Crippen LogP) is 2.07. The summed E-state index contributed by atoms with van der Waals surface area (Å²) in [5.74, 6) is 0.600. The summed E-state index contributed by atoms with van der Waals surface area (Å²) in [5, 5.41) is 6.20. The largest absolute Gasteiger partial charge is 0.338 e. The highest BCUT2D eigenvalue weighted by Gasteiger charge is 2.33. The molecule has 132 valence electrons. The van der Waals surface area contributed by atoms with Crippen molar-refractivity contribution in [3.05, 3.63) is 35.9 Å². The zero-order valence-corrected chi connectivity index (χ0v) is 14.7. The molecular formula is C19H30N4O. The molecule has 5 nitrogen and oxygen atoms in total. The summed E-state index contributed by atoms with van der Waals surface area (Å²) in [7, 11) is 2.17. The van der Waals surface area contributed by atoms with Crippen molar-refractivity contribution in [3.8, 4) is 0 Å². The highest BCUT2D eigenvalue weighted by molar-refractivity contribution is 5.74. The zero-order chi connectivity index (χ0) is 16.8. The van der Waals surface area contributed by atoms with Crippen LogP contribution in [0.2, 0.25) is 0 Å². The lowest BCUT2D eigenvalue weighted by Gasteiger charge is -2.32. The first-order valence-corrected chi connectivity index (χ1v) is 9.22. The Morgan fingerprint density at radius 3 is 2.54 bits per heavy atom. The first kappa shape index (κ1) is 17.2. The van der Waals surface area contributed by atoms with Crippen LogP contribution in [0.25, 0.3) is 0 Å². The summed E-state index contributed by atoms with van der Waals surface area (Å²) in [6.07, 6.45) is 3.43. The molecule has 2 fully saturated rings. The van der Waals surface area contributed by atoms with Gasteiger partial charge < -0.3 is 20.4 Å². The quantitative estimate of drug-likeness (QED) is 0.753. The van der Waals surface area contributed by atoms with Gasteiger partial charge in [0.15, 0.2) is 0 Å². The van der Waals surface area contributed by atoms with Crippen molar-refractivity contribution in [3.63, 3.8) is 0 Å². The van der Waals surface area contributed by atoms with Gasteiger partial charge in [0, 0.05) is 32.7 Å². The van der Waals surface area contributed by atoms with Crippen molar-refractivity contribution in [2.75, 3.05) is 46.3 Å². The number of piperazine rings is 1. The number of carbonyl (C=O) groups excluding carboxylic acids is 1. The average molecular weight is 330 g/mol. The van der Waals surface area contributed by atoms with E-state index < -0.39 is 0 Å². The Bertz CT molecular complexity index is 509. The van der Waals surface area contributed by atoms with Crippen LogP contribution in [0.3, 0.4) is 0 Å². The molecule has 0 bridgehead atoms. The first-order chi connectivity index (χ1) is 11.7. The molecule has 1 aliphatic carbocycles. The molecule has 1 aromatic rings. The number of likely N-dealkylation sites (N-methyl/N-ethyl adjacent to an activating group) is 1. The molecule has 5 heteroatoms. The fourth-order valence-electron chi connectivity index (χ4n) is 3.33. The Morgan fingerprint density at radius 2 is 1.88 bits per heavy atom. The number of benzene rings is 1. The van der Waals surface area contributed by atoms with E-state index in [1.165, 1.54) is 18.4 Å². The summed E-state index contributed by atoms with van der Waals surface area (Å²) in [4.78, 5) is 17.1. The Kier molecular flexibility index (Phi) is 6.10. The van der Waals surface area contributed by atoms with Crippen molar-refractivity contribution in [1.82, 2.24) is 20.4 Å². The van der Waals surface area contributed by atoms with Crippen LogP contribution >= 0.6 is 0 Å². The molecule has 2 N–H and O–H groups in total. The van der Waals surface area contributed by atoms with Crippen LogP contribution in [0, 0.1) is 5.92 Å². The second kappa shape index (κ2) is 8.49. The lowest BCUT2D eigenvalue weighted by molar-refractivity contribution is 0.153. The smallest absolute Gasteiger partial charge is 0.315 e. The van der Waals surface area contributed by atoms with Gasteiger partial charge in [0.1, 0.15) is 0 Å². The van der Waals surface area contributed by atoms with Crippen molar-refractivity contribution in [2.24, 2.45) is 5.92 Å². The van der Waals surface area contributed by atoms with E-state index in [1.54, 1.807) is 0 Å². The van der Waals surface area contributed by atoms with E-state index in [2.05, 4.69) is 39.6 Å². The number of carbonyl (C=O) groups is 1. The summed E-state index contributed by atoms with van der Waals surface area (Å²) in [6, 6.07) is 10.4. The summed E-state index contributed by atoms with van der Waals surface area (Å²) in [5.41, 5.74) is 1.22. The molecule has 24 heavy (non-hydrogen) atoms. The third-order valence-electron chi connectivity index (χ3n) is 5.07. The van der Waals surface area contributed by atoms with E-state index in [9.17, 15) is 4.79 Å². The monoisotopic (exact) mass is 330 g/mol. The third kappa shape index (κ3) is 5.21. The molecule has 2 amide bonds. The minimum atomic E-state index is -0.0332. The number of nitrogens with zero attached hydrogens (tertiary/aromatic N) is 2. The van der Waals surface area contributed by atoms with Gasteiger partial charge in [0.25, 0.3) is 0 Å². The van der Waals surface area contributed by atoms with Crippen LogP contribution in [0.5, 0.6) is 0 Å². The van der Waals surface area contributed by atoms with Gasteiger partial charge in [0.05, 0.1) is 6.04 Å². The van der Waals surface area contributed by atoms with Gasteiger partial charge in [-0.1, -0.05) is 30.3 Å². The second-order valence-electron chi connectivity index (χ2n) is 7.12. The molecule has 0 aromatic heterocycles. The maximum absolute atomic E-state index is 12.2. The van der Waals surface area contributed by atoms with E-state index in [-0.39, 0.29) is 12.1 Å². The molecule has 1 aliphatic heterocycles. The predicted molar refractivity (Wildman–Crippen MR) is 97.0 cm³/mol. The molecule has 2 aliphatic rings. The van der Waals surface area contributed by atoms with Crippen molar-refractivity contribution >= 4 is 6.03 Å². The van der Waals surface area contributed by atoms with Gasteiger partial charge in [-0.3, -0.25) is 0 Å². The zero-order valence-electron chi connectivity index (χ0n) is 14.7. The topological polar surface area (TPSA) is 47.6 Å². The average Bonchev–Trinajstić information content (AvgIpc) is 3.44. The van der Waals surface area contributed by atoms with Crippen LogP contribution in [-0.2, 0) is 0 Å². The van der Waals surface area contributed by atoms with E-state index in [4.69, 9.17) is 0 Å². The number of nitrogens with one attached hydrogen (secondary N) is 2. The van der Waals surface area contributed by atoms with Gasteiger partial charge in [-0.25, -0.2) is 4.79 Å². The summed E-state index contributed by atoms with van der Waals surface area (Å²) in [6.45, 7) is 6.38. The van der Waals surface area contributed by atoms with E-state index in [0.29, 0.717) is 5.92 Å². The molecule has 1 saturated carbocycles. The minimum absolute atomic E-state index is 0.0332. The molecule has 0 radical (unpaired) electrons. The SMILES string of the molecule is CN1CCN(CCCNC(=O)N[C@@H](c2ccccc2)C2CC2)CC1. The number of rotatable bonds is 7. The number of hydrogen-bond acceptors (Lipinski definition) is 3. The Morgan fingerprint density at radius 1 is 1.17 bits per heavy atom. The molecular weight excluding hydrogens is 300 g/mol. The molecule has 0 spiro atoms. The van der Waals surface area contributed by atoms with Crippen LogP contribution in [-0.4, -0.2) is 62.1 Å². The highest BCUT2D eigenvalue weighted by Crippen LogP contribution is 2.40. The second-order valence-corrected chi connectivity index (χ2v) is 7.12.